The monoisotopic (exact) mass is 199 g/mol. The van der Waals surface area contributed by atoms with Gasteiger partial charge in [-0.05, 0) is 19.8 Å². The van der Waals surface area contributed by atoms with Gasteiger partial charge in [0.25, 0.3) is 0 Å². The van der Waals surface area contributed by atoms with Crippen LogP contribution in [0.5, 0.6) is 0 Å². The summed E-state index contributed by atoms with van der Waals surface area (Å²) < 4.78 is 0. The van der Waals surface area contributed by atoms with Crippen LogP contribution in [0.15, 0.2) is 5.16 Å². The number of nitrogens with two attached hydrogens (primary N) is 1. The first kappa shape index (κ1) is 10.8. The zero-order chi connectivity index (χ0) is 10.9. The van der Waals surface area contributed by atoms with Crippen LogP contribution in [-0.4, -0.2) is 34.9 Å². The molecule has 5 heteroatoms. The SMILES string of the molecule is CC1CN(C(=O)C(C)(C)/C(N)=N/O)C1. The van der Waals surface area contributed by atoms with Gasteiger partial charge in [-0.25, -0.2) is 0 Å². The summed E-state index contributed by atoms with van der Waals surface area (Å²) in [4.78, 5) is 13.6. The number of amides is 1. The van der Waals surface area contributed by atoms with Gasteiger partial charge >= 0.3 is 0 Å². The molecule has 0 saturated carbocycles. The average Bonchev–Trinajstić information content (AvgIpc) is 2.10. The largest absolute Gasteiger partial charge is 0.409 e. The Morgan fingerprint density at radius 3 is 2.43 bits per heavy atom. The molecule has 1 aliphatic heterocycles. The lowest BCUT2D eigenvalue weighted by molar-refractivity contribution is -0.143. The van der Waals surface area contributed by atoms with Crippen LogP contribution < -0.4 is 5.73 Å². The molecule has 1 aliphatic rings. The quantitative estimate of drug-likeness (QED) is 0.289. The normalized spacial score (nSPS) is 19.4. The first-order valence-electron chi connectivity index (χ1n) is 4.67. The number of likely N-dealkylation sites (tertiary alicyclic amines) is 1. The van der Waals surface area contributed by atoms with Crippen molar-refractivity contribution in [2.24, 2.45) is 22.2 Å². The summed E-state index contributed by atoms with van der Waals surface area (Å²) >= 11 is 0. The van der Waals surface area contributed by atoms with Crippen LogP contribution in [0.2, 0.25) is 0 Å². The highest BCUT2D eigenvalue weighted by atomic mass is 16.4. The van der Waals surface area contributed by atoms with Crippen molar-refractivity contribution >= 4 is 11.7 Å². The fourth-order valence-electron chi connectivity index (χ4n) is 1.49. The van der Waals surface area contributed by atoms with Crippen molar-refractivity contribution in [1.82, 2.24) is 4.90 Å². The molecule has 0 bridgehead atoms. The van der Waals surface area contributed by atoms with E-state index in [1.54, 1.807) is 18.7 Å². The highest BCUT2D eigenvalue weighted by molar-refractivity contribution is 6.06. The minimum atomic E-state index is -0.908. The van der Waals surface area contributed by atoms with Crippen LogP contribution in [0.1, 0.15) is 20.8 Å². The van der Waals surface area contributed by atoms with Gasteiger partial charge in [-0.15, -0.1) is 0 Å². The Balaban J connectivity index is 2.68. The van der Waals surface area contributed by atoms with Crippen molar-refractivity contribution in [3.05, 3.63) is 0 Å². The summed E-state index contributed by atoms with van der Waals surface area (Å²) in [5.74, 6) is 0.440. The third-order valence-electron chi connectivity index (χ3n) is 2.63. The minimum absolute atomic E-state index is 0.0398. The predicted molar refractivity (Wildman–Crippen MR) is 52.9 cm³/mol. The van der Waals surface area contributed by atoms with Crippen molar-refractivity contribution in [2.75, 3.05) is 13.1 Å². The predicted octanol–water partition coefficient (Wildman–Crippen LogP) is 0.237. The van der Waals surface area contributed by atoms with Crippen LogP contribution in [0.3, 0.4) is 0 Å². The van der Waals surface area contributed by atoms with Crippen molar-refractivity contribution in [2.45, 2.75) is 20.8 Å². The molecule has 0 aliphatic carbocycles. The number of nitrogens with zero attached hydrogens (tertiary/aromatic N) is 2. The van der Waals surface area contributed by atoms with Gasteiger partial charge in [-0.3, -0.25) is 4.79 Å². The van der Waals surface area contributed by atoms with Crippen LogP contribution in [-0.2, 0) is 4.79 Å². The number of hydrogen-bond donors (Lipinski definition) is 2. The summed E-state index contributed by atoms with van der Waals surface area (Å²) in [5, 5.41) is 11.4. The highest BCUT2D eigenvalue weighted by Gasteiger charge is 2.40. The Labute approximate surface area is 83.6 Å². The molecule has 0 aromatic carbocycles. The number of carbonyl (C=O) groups is 1. The van der Waals surface area contributed by atoms with Gasteiger partial charge in [0.05, 0.1) is 0 Å². The fourth-order valence-corrected chi connectivity index (χ4v) is 1.49. The Morgan fingerprint density at radius 1 is 1.57 bits per heavy atom. The van der Waals surface area contributed by atoms with Crippen molar-refractivity contribution in [3.8, 4) is 0 Å². The van der Waals surface area contributed by atoms with Gasteiger partial charge in [-0.1, -0.05) is 12.1 Å². The molecule has 0 unspecified atom stereocenters. The molecule has 1 saturated heterocycles. The number of oxime groups is 1. The van der Waals surface area contributed by atoms with Gasteiger partial charge in [0.15, 0.2) is 5.84 Å². The van der Waals surface area contributed by atoms with E-state index < -0.39 is 5.41 Å². The molecule has 3 N–H and O–H groups in total. The molecule has 80 valence electrons. The lowest BCUT2D eigenvalue weighted by Gasteiger charge is -2.41. The molecule has 0 aromatic heterocycles. The maximum absolute atomic E-state index is 11.8. The molecule has 0 aromatic rings. The van der Waals surface area contributed by atoms with Gasteiger partial charge in [0.2, 0.25) is 5.91 Å². The molecular weight excluding hydrogens is 182 g/mol. The average molecular weight is 199 g/mol. The molecule has 0 atom stereocenters. The number of hydrogen-bond acceptors (Lipinski definition) is 3. The van der Waals surface area contributed by atoms with Crippen LogP contribution >= 0.6 is 0 Å². The van der Waals surface area contributed by atoms with Gasteiger partial charge in [-0.2, -0.15) is 0 Å². The van der Waals surface area contributed by atoms with E-state index >= 15 is 0 Å². The Bertz CT molecular complexity index is 267. The maximum atomic E-state index is 11.8. The van der Waals surface area contributed by atoms with Crippen molar-refractivity contribution < 1.29 is 10.0 Å². The van der Waals surface area contributed by atoms with E-state index in [0.29, 0.717) is 5.92 Å². The molecule has 1 amide bonds. The first-order valence-corrected chi connectivity index (χ1v) is 4.67. The summed E-state index contributed by atoms with van der Waals surface area (Å²) in [7, 11) is 0. The van der Waals surface area contributed by atoms with E-state index in [2.05, 4.69) is 12.1 Å². The zero-order valence-corrected chi connectivity index (χ0v) is 8.82. The maximum Gasteiger partial charge on any atom is 0.235 e. The second kappa shape index (κ2) is 3.48. The summed E-state index contributed by atoms with van der Waals surface area (Å²) in [5.41, 5.74) is 4.55. The molecule has 5 nitrogen and oxygen atoms in total. The molecule has 0 radical (unpaired) electrons. The molecule has 1 fully saturated rings. The third-order valence-corrected chi connectivity index (χ3v) is 2.63. The molecule has 14 heavy (non-hydrogen) atoms. The molecular formula is C9H17N3O2. The summed E-state index contributed by atoms with van der Waals surface area (Å²) in [6, 6.07) is 0. The zero-order valence-electron chi connectivity index (χ0n) is 8.82. The van der Waals surface area contributed by atoms with Crippen molar-refractivity contribution in [3.63, 3.8) is 0 Å². The smallest absolute Gasteiger partial charge is 0.235 e. The fraction of sp³-hybridized carbons (Fsp3) is 0.778. The van der Waals surface area contributed by atoms with Gasteiger partial charge in [0.1, 0.15) is 5.41 Å². The van der Waals surface area contributed by atoms with Crippen LogP contribution in [0, 0.1) is 11.3 Å². The van der Waals surface area contributed by atoms with E-state index in [0.717, 1.165) is 13.1 Å². The standard InChI is InChI=1S/C9H17N3O2/c1-6-4-12(5-6)8(13)9(2,3)7(10)11-14/h6,14H,4-5H2,1-3H3,(H2,10,11). The Hall–Kier alpha value is -1.26. The van der Waals surface area contributed by atoms with E-state index in [-0.39, 0.29) is 11.7 Å². The van der Waals surface area contributed by atoms with E-state index in [4.69, 9.17) is 10.9 Å². The lowest BCUT2D eigenvalue weighted by Crippen LogP contribution is -2.56. The lowest BCUT2D eigenvalue weighted by atomic mass is 9.87. The number of amidine groups is 1. The summed E-state index contributed by atoms with van der Waals surface area (Å²) in [6.45, 7) is 6.93. The van der Waals surface area contributed by atoms with E-state index in [9.17, 15) is 4.79 Å². The molecule has 1 heterocycles. The number of rotatable bonds is 2. The third kappa shape index (κ3) is 1.66. The number of carbonyl (C=O) groups excluding carboxylic acids is 1. The second-order valence-electron chi connectivity index (χ2n) is 4.43. The van der Waals surface area contributed by atoms with Crippen LogP contribution in [0.4, 0.5) is 0 Å². The molecule has 1 rings (SSSR count). The van der Waals surface area contributed by atoms with E-state index in [1.165, 1.54) is 0 Å². The summed E-state index contributed by atoms with van der Waals surface area (Å²) in [6.07, 6.45) is 0. The van der Waals surface area contributed by atoms with E-state index in [1.807, 2.05) is 0 Å². The first-order chi connectivity index (χ1) is 6.39. The molecule has 0 spiro atoms. The van der Waals surface area contributed by atoms with Crippen LogP contribution in [0.25, 0.3) is 0 Å². The van der Waals surface area contributed by atoms with Gasteiger partial charge in [0, 0.05) is 13.1 Å². The topological polar surface area (TPSA) is 78.9 Å². The van der Waals surface area contributed by atoms with Gasteiger partial charge < -0.3 is 15.8 Å². The minimum Gasteiger partial charge on any atom is -0.409 e. The second-order valence-corrected chi connectivity index (χ2v) is 4.43. The van der Waals surface area contributed by atoms with Crippen molar-refractivity contribution in [1.29, 1.82) is 0 Å². The Morgan fingerprint density at radius 2 is 2.07 bits per heavy atom. The Kier molecular flexibility index (Phi) is 2.69. The highest BCUT2D eigenvalue weighted by Crippen LogP contribution is 2.24.